The van der Waals surface area contributed by atoms with Crippen LogP contribution in [0.15, 0.2) is 50.1 Å². The lowest BCUT2D eigenvalue weighted by atomic mass is 10.2. The molecule has 0 unspecified atom stereocenters. The first-order valence-electron chi connectivity index (χ1n) is 7.00. The summed E-state index contributed by atoms with van der Waals surface area (Å²) in [7, 11) is 0. The van der Waals surface area contributed by atoms with E-state index in [1.54, 1.807) is 0 Å². The minimum absolute atomic E-state index is 0.0414. The van der Waals surface area contributed by atoms with E-state index in [4.69, 9.17) is 27.9 Å². The summed E-state index contributed by atoms with van der Waals surface area (Å²) in [6.45, 7) is 4.32. The molecule has 0 aliphatic carbocycles. The molecule has 1 N–H and O–H groups in total. The summed E-state index contributed by atoms with van der Waals surface area (Å²) in [6, 6.07) is 7.59. The first-order chi connectivity index (χ1) is 10.9. The number of rotatable bonds is 5. The molecule has 124 valence electrons. The Morgan fingerprint density at radius 3 is 2.57 bits per heavy atom. The number of aryl methyl sites for hydroxylation is 1. The SMILES string of the molecule is CC[C@@H]1CO/C(=C(\C(Sc2ccc(C)cc2)=C(Cl)Cl)[N+](=O)[O-])N1. The van der Waals surface area contributed by atoms with Crippen molar-refractivity contribution in [1.29, 1.82) is 0 Å². The largest absolute Gasteiger partial charge is 0.472 e. The van der Waals surface area contributed by atoms with Crippen LogP contribution in [0.1, 0.15) is 18.9 Å². The van der Waals surface area contributed by atoms with Crippen molar-refractivity contribution in [1.82, 2.24) is 5.32 Å². The Morgan fingerprint density at radius 2 is 2.09 bits per heavy atom. The van der Waals surface area contributed by atoms with E-state index in [0.717, 1.165) is 28.6 Å². The minimum Gasteiger partial charge on any atom is -0.472 e. The summed E-state index contributed by atoms with van der Waals surface area (Å²) in [5.74, 6) is 0.107. The Balaban J connectivity index is 2.38. The lowest BCUT2D eigenvalue weighted by molar-refractivity contribution is -0.422. The Morgan fingerprint density at radius 1 is 1.43 bits per heavy atom. The Labute approximate surface area is 148 Å². The van der Waals surface area contributed by atoms with Crippen LogP contribution in [0.25, 0.3) is 0 Å². The van der Waals surface area contributed by atoms with Gasteiger partial charge in [-0.2, -0.15) is 0 Å². The van der Waals surface area contributed by atoms with Crippen LogP contribution in [0.5, 0.6) is 0 Å². The number of benzene rings is 1. The van der Waals surface area contributed by atoms with E-state index in [1.807, 2.05) is 38.1 Å². The van der Waals surface area contributed by atoms with Crippen LogP contribution in [-0.2, 0) is 4.74 Å². The highest BCUT2D eigenvalue weighted by molar-refractivity contribution is 8.03. The van der Waals surface area contributed by atoms with E-state index in [1.165, 1.54) is 0 Å². The molecule has 1 aromatic rings. The van der Waals surface area contributed by atoms with E-state index >= 15 is 0 Å². The topological polar surface area (TPSA) is 64.4 Å². The Bertz CT molecular complexity index is 655. The summed E-state index contributed by atoms with van der Waals surface area (Å²) in [5, 5.41) is 14.5. The van der Waals surface area contributed by atoms with E-state index in [9.17, 15) is 10.1 Å². The van der Waals surface area contributed by atoms with E-state index in [0.29, 0.717) is 6.61 Å². The van der Waals surface area contributed by atoms with Gasteiger partial charge in [0.2, 0.25) is 0 Å². The molecule has 1 aliphatic heterocycles. The van der Waals surface area contributed by atoms with Crippen molar-refractivity contribution in [2.75, 3.05) is 6.61 Å². The number of nitrogens with one attached hydrogen (secondary N) is 1. The number of ether oxygens (including phenoxy) is 1. The zero-order valence-electron chi connectivity index (χ0n) is 12.6. The molecule has 0 spiro atoms. The summed E-state index contributed by atoms with van der Waals surface area (Å²) >= 11 is 13.0. The predicted octanol–water partition coefficient (Wildman–Crippen LogP) is 4.58. The quantitative estimate of drug-likeness (QED) is 0.464. The van der Waals surface area contributed by atoms with Crippen LogP contribution in [0.3, 0.4) is 0 Å². The van der Waals surface area contributed by atoms with E-state index in [-0.39, 0.29) is 27.0 Å². The molecule has 8 heteroatoms. The summed E-state index contributed by atoms with van der Waals surface area (Å²) in [6.07, 6.45) is 0.799. The first-order valence-corrected chi connectivity index (χ1v) is 8.57. The Kier molecular flexibility index (Phi) is 6.21. The molecule has 1 aromatic carbocycles. The van der Waals surface area contributed by atoms with Gasteiger partial charge in [-0.1, -0.05) is 59.6 Å². The monoisotopic (exact) mass is 374 g/mol. The molecule has 2 rings (SSSR count). The van der Waals surface area contributed by atoms with Gasteiger partial charge in [0.25, 0.3) is 5.88 Å². The molecule has 0 saturated carbocycles. The fourth-order valence-corrected chi connectivity index (χ4v) is 3.24. The minimum atomic E-state index is -0.526. The normalized spacial score (nSPS) is 18.9. The predicted molar refractivity (Wildman–Crippen MR) is 93.0 cm³/mol. The van der Waals surface area contributed by atoms with Crippen molar-refractivity contribution >= 4 is 35.0 Å². The van der Waals surface area contributed by atoms with Gasteiger partial charge in [-0.3, -0.25) is 10.1 Å². The number of hydrogen-bond donors (Lipinski definition) is 1. The Hall–Kier alpha value is -1.37. The molecular weight excluding hydrogens is 359 g/mol. The van der Waals surface area contributed by atoms with Crippen LogP contribution in [-0.4, -0.2) is 17.6 Å². The summed E-state index contributed by atoms with van der Waals surface area (Å²) in [4.78, 5) is 12.0. The third-order valence-corrected chi connectivity index (χ3v) is 4.99. The molecule has 0 amide bonds. The molecule has 1 atom stereocenters. The van der Waals surface area contributed by atoms with Gasteiger partial charge in [0.05, 0.1) is 11.0 Å². The lowest BCUT2D eigenvalue weighted by Crippen LogP contribution is -2.23. The summed E-state index contributed by atoms with van der Waals surface area (Å²) < 4.78 is 5.26. The van der Waals surface area contributed by atoms with Gasteiger partial charge < -0.3 is 10.1 Å². The second kappa shape index (κ2) is 7.95. The van der Waals surface area contributed by atoms with Crippen molar-refractivity contribution in [3.8, 4) is 0 Å². The molecule has 1 saturated heterocycles. The van der Waals surface area contributed by atoms with Gasteiger partial charge >= 0.3 is 5.70 Å². The maximum atomic E-state index is 11.5. The zero-order valence-corrected chi connectivity index (χ0v) is 15.0. The maximum Gasteiger partial charge on any atom is 0.344 e. The third-order valence-electron chi connectivity index (χ3n) is 3.28. The highest BCUT2D eigenvalue weighted by Gasteiger charge is 2.33. The van der Waals surface area contributed by atoms with Crippen LogP contribution in [0.2, 0.25) is 0 Å². The number of nitrogens with zero attached hydrogens (tertiary/aromatic N) is 1. The van der Waals surface area contributed by atoms with Gasteiger partial charge in [0, 0.05) is 4.90 Å². The lowest BCUT2D eigenvalue weighted by Gasteiger charge is -2.08. The van der Waals surface area contributed by atoms with Crippen LogP contribution < -0.4 is 5.32 Å². The molecule has 1 heterocycles. The zero-order chi connectivity index (χ0) is 17.0. The van der Waals surface area contributed by atoms with Crippen molar-refractivity contribution in [2.24, 2.45) is 0 Å². The standard InChI is InChI=1S/C15H16Cl2N2O3S/c1-3-10-8-22-15(18-10)12(19(20)21)13(14(16)17)23-11-6-4-9(2)5-7-11/h4-7,10,18H,3,8H2,1-2H3/b15-12+/t10-/m1/s1. The summed E-state index contributed by atoms with van der Waals surface area (Å²) in [5.41, 5.74) is 0.850. The van der Waals surface area contributed by atoms with Gasteiger partial charge in [0.1, 0.15) is 16.0 Å². The van der Waals surface area contributed by atoms with Crippen molar-refractivity contribution < 1.29 is 9.66 Å². The number of nitro groups is 1. The molecule has 23 heavy (non-hydrogen) atoms. The highest BCUT2D eigenvalue weighted by atomic mass is 35.5. The molecule has 5 nitrogen and oxygen atoms in total. The average molecular weight is 375 g/mol. The van der Waals surface area contributed by atoms with E-state index < -0.39 is 4.92 Å². The van der Waals surface area contributed by atoms with E-state index in [2.05, 4.69) is 5.32 Å². The fraction of sp³-hybridized carbons (Fsp3) is 0.333. The van der Waals surface area contributed by atoms with Crippen LogP contribution in [0, 0.1) is 17.0 Å². The third kappa shape index (κ3) is 4.56. The van der Waals surface area contributed by atoms with Crippen LogP contribution in [0.4, 0.5) is 0 Å². The van der Waals surface area contributed by atoms with Crippen molar-refractivity contribution in [3.05, 3.63) is 60.9 Å². The second-order valence-electron chi connectivity index (χ2n) is 5.00. The number of thioether (sulfide) groups is 1. The second-order valence-corrected chi connectivity index (χ2v) is 7.03. The smallest absolute Gasteiger partial charge is 0.344 e. The molecule has 0 radical (unpaired) electrons. The first kappa shape index (κ1) is 18.0. The van der Waals surface area contributed by atoms with Gasteiger partial charge in [0.15, 0.2) is 0 Å². The van der Waals surface area contributed by atoms with Crippen molar-refractivity contribution in [3.63, 3.8) is 0 Å². The molecular formula is C15H16Cl2N2O3S. The number of hydrogen-bond acceptors (Lipinski definition) is 5. The molecule has 0 aromatic heterocycles. The fourth-order valence-electron chi connectivity index (χ4n) is 1.98. The maximum absolute atomic E-state index is 11.5. The average Bonchev–Trinajstić information content (AvgIpc) is 2.96. The van der Waals surface area contributed by atoms with Crippen LogP contribution >= 0.6 is 35.0 Å². The number of halogens is 2. The van der Waals surface area contributed by atoms with Gasteiger partial charge in [-0.15, -0.1) is 0 Å². The highest BCUT2D eigenvalue weighted by Crippen LogP contribution is 2.39. The molecule has 1 fully saturated rings. The molecule has 1 aliphatic rings. The van der Waals surface area contributed by atoms with Gasteiger partial charge in [-0.05, 0) is 25.5 Å². The molecule has 0 bridgehead atoms. The van der Waals surface area contributed by atoms with Crippen molar-refractivity contribution in [2.45, 2.75) is 31.2 Å². The van der Waals surface area contributed by atoms with Gasteiger partial charge in [-0.25, -0.2) is 0 Å².